The van der Waals surface area contributed by atoms with Crippen LogP contribution in [0.3, 0.4) is 0 Å². The van der Waals surface area contributed by atoms with Gasteiger partial charge in [0.1, 0.15) is 0 Å². The molecule has 0 amide bonds. The van der Waals surface area contributed by atoms with Crippen LogP contribution in [0.25, 0.3) is 0 Å². The Bertz CT molecular complexity index is 212. The highest BCUT2D eigenvalue weighted by atomic mass is 15.2. The van der Waals surface area contributed by atoms with Crippen molar-refractivity contribution in [3.8, 4) is 0 Å². The highest BCUT2D eigenvalue weighted by molar-refractivity contribution is 4.98. The Balaban J connectivity index is 2.39. The Hall–Kier alpha value is -0.120. The molecule has 0 aromatic heterocycles. The van der Waals surface area contributed by atoms with Gasteiger partial charge < -0.3 is 15.1 Å². The summed E-state index contributed by atoms with van der Waals surface area (Å²) in [5.74, 6) is 0. The molecule has 1 aliphatic carbocycles. The fourth-order valence-corrected chi connectivity index (χ4v) is 2.95. The van der Waals surface area contributed by atoms with Crippen molar-refractivity contribution in [1.29, 1.82) is 0 Å². The summed E-state index contributed by atoms with van der Waals surface area (Å²) >= 11 is 0. The van der Waals surface area contributed by atoms with E-state index in [0.717, 1.165) is 0 Å². The number of rotatable bonds is 8. The van der Waals surface area contributed by atoms with Crippen molar-refractivity contribution in [2.75, 3.05) is 41.3 Å². The van der Waals surface area contributed by atoms with Gasteiger partial charge in [-0.05, 0) is 53.9 Å². The topological polar surface area (TPSA) is 18.5 Å². The molecule has 1 rings (SSSR count). The maximum atomic E-state index is 3.43. The summed E-state index contributed by atoms with van der Waals surface area (Å²) < 4.78 is 0. The predicted octanol–water partition coefficient (Wildman–Crippen LogP) is 1.79. The lowest BCUT2D eigenvalue weighted by molar-refractivity contribution is 0.0256. The van der Waals surface area contributed by atoms with E-state index in [1.54, 1.807) is 0 Å². The maximum absolute atomic E-state index is 3.43. The summed E-state index contributed by atoms with van der Waals surface area (Å²) in [4.78, 5) is 4.94. The molecule has 0 aromatic carbocycles. The van der Waals surface area contributed by atoms with Crippen molar-refractivity contribution in [3.63, 3.8) is 0 Å². The first-order valence-corrected chi connectivity index (χ1v) is 7.07. The van der Waals surface area contributed by atoms with Crippen molar-refractivity contribution in [2.24, 2.45) is 0 Å². The van der Waals surface area contributed by atoms with E-state index in [0.29, 0.717) is 11.6 Å². The van der Waals surface area contributed by atoms with Gasteiger partial charge in [-0.2, -0.15) is 0 Å². The van der Waals surface area contributed by atoms with Crippen molar-refractivity contribution in [3.05, 3.63) is 0 Å². The molecule has 1 atom stereocenters. The summed E-state index contributed by atoms with van der Waals surface area (Å²) in [6.07, 6.45) is 6.66. The third-order valence-electron chi connectivity index (χ3n) is 4.37. The van der Waals surface area contributed by atoms with Gasteiger partial charge in [0.25, 0.3) is 0 Å². The molecule has 0 radical (unpaired) electrons. The molecule has 0 aromatic rings. The SMILES string of the molecule is CCCC(CN(C)CC1(N(C)C)CCC1)NC. The molecule has 0 spiro atoms. The average molecular weight is 241 g/mol. The molecule has 1 saturated carbocycles. The number of likely N-dealkylation sites (N-methyl/N-ethyl adjacent to an activating group) is 3. The zero-order valence-electron chi connectivity index (χ0n) is 12.4. The Morgan fingerprint density at radius 2 is 1.88 bits per heavy atom. The van der Waals surface area contributed by atoms with Crippen LogP contribution < -0.4 is 5.32 Å². The molecule has 0 bridgehead atoms. The molecule has 1 N–H and O–H groups in total. The molecule has 3 nitrogen and oxygen atoms in total. The van der Waals surface area contributed by atoms with Gasteiger partial charge in [0, 0.05) is 24.7 Å². The summed E-state index contributed by atoms with van der Waals surface area (Å²) in [6, 6.07) is 0.643. The second kappa shape index (κ2) is 6.72. The minimum absolute atomic E-state index is 0.458. The molecule has 102 valence electrons. The summed E-state index contributed by atoms with van der Waals surface area (Å²) in [6.45, 7) is 4.64. The summed E-state index contributed by atoms with van der Waals surface area (Å²) in [7, 11) is 8.81. The van der Waals surface area contributed by atoms with Crippen molar-refractivity contribution >= 4 is 0 Å². The number of nitrogens with zero attached hydrogens (tertiary/aromatic N) is 2. The Kier molecular flexibility index (Phi) is 5.90. The fourth-order valence-electron chi connectivity index (χ4n) is 2.95. The largest absolute Gasteiger partial charge is 0.316 e. The smallest absolute Gasteiger partial charge is 0.0330 e. The molecule has 1 fully saturated rings. The zero-order chi connectivity index (χ0) is 12.9. The van der Waals surface area contributed by atoms with Gasteiger partial charge in [-0.3, -0.25) is 0 Å². The van der Waals surface area contributed by atoms with Crippen LogP contribution in [0.15, 0.2) is 0 Å². The molecule has 0 heterocycles. The van der Waals surface area contributed by atoms with Crippen LogP contribution in [0, 0.1) is 0 Å². The third kappa shape index (κ3) is 3.94. The monoisotopic (exact) mass is 241 g/mol. The lowest BCUT2D eigenvalue weighted by Crippen LogP contribution is -2.57. The first-order chi connectivity index (χ1) is 8.04. The van der Waals surface area contributed by atoms with Crippen LogP contribution in [-0.4, -0.2) is 62.7 Å². The second-order valence-corrected chi connectivity index (χ2v) is 5.94. The van der Waals surface area contributed by atoms with E-state index in [-0.39, 0.29) is 0 Å². The Morgan fingerprint density at radius 1 is 1.24 bits per heavy atom. The van der Waals surface area contributed by atoms with E-state index < -0.39 is 0 Å². The number of hydrogen-bond acceptors (Lipinski definition) is 3. The Morgan fingerprint density at radius 3 is 2.24 bits per heavy atom. The first kappa shape index (κ1) is 14.9. The highest BCUT2D eigenvalue weighted by Gasteiger charge is 2.39. The normalized spacial score (nSPS) is 20.6. The van der Waals surface area contributed by atoms with Gasteiger partial charge in [-0.1, -0.05) is 13.3 Å². The van der Waals surface area contributed by atoms with Crippen LogP contribution in [0.1, 0.15) is 39.0 Å². The minimum Gasteiger partial charge on any atom is -0.316 e. The van der Waals surface area contributed by atoms with Gasteiger partial charge in [0.15, 0.2) is 0 Å². The Labute approximate surface area is 108 Å². The molecule has 1 aliphatic rings. The molecule has 3 heteroatoms. The molecule has 17 heavy (non-hydrogen) atoms. The van der Waals surface area contributed by atoms with Gasteiger partial charge in [-0.25, -0.2) is 0 Å². The molecule has 0 saturated heterocycles. The second-order valence-electron chi connectivity index (χ2n) is 5.94. The van der Waals surface area contributed by atoms with E-state index in [4.69, 9.17) is 0 Å². The van der Waals surface area contributed by atoms with Gasteiger partial charge in [-0.15, -0.1) is 0 Å². The molecular weight excluding hydrogens is 210 g/mol. The van der Waals surface area contributed by atoms with Gasteiger partial charge in [0.2, 0.25) is 0 Å². The van der Waals surface area contributed by atoms with Crippen LogP contribution >= 0.6 is 0 Å². The van der Waals surface area contributed by atoms with Crippen LogP contribution in [-0.2, 0) is 0 Å². The molecule has 0 aliphatic heterocycles. The maximum Gasteiger partial charge on any atom is 0.0330 e. The van der Waals surface area contributed by atoms with Crippen molar-refractivity contribution in [2.45, 2.75) is 50.6 Å². The van der Waals surface area contributed by atoms with Gasteiger partial charge >= 0.3 is 0 Å². The van der Waals surface area contributed by atoms with E-state index >= 15 is 0 Å². The van der Waals surface area contributed by atoms with E-state index in [1.807, 2.05) is 0 Å². The average Bonchev–Trinajstić information content (AvgIpc) is 2.22. The minimum atomic E-state index is 0.458. The standard InChI is InChI=1S/C14H31N3/c1-6-8-13(15-2)11-17(5)12-14(16(3)4)9-7-10-14/h13,15H,6-12H2,1-5H3. The third-order valence-corrected chi connectivity index (χ3v) is 4.37. The number of hydrogen-bond donors (Lipinski definition) is 1. The quantitative estimate of drug-likeness (QED) is 0.699. The predicted molar refractivity (Wildman–Crippen MR) is 75.5 cm³/mol. The fraction of sp³-hybridized carbons (Fsp3) is 1.00. The first-order valence-electron chi connectivity index (χ1n) is 7.07. The van der Waals surface area contributed by atoms with E-state index in [1.165, 1.54) is 45.2 Å². The van der Waals surface area contributed by atoms with Crippen LogP contribution in [0.4, 0.5) is 0 Å². The van der Waals surface area contributed by atoms with E-state index in [2.05, 4.69) is 50.2 Å². The molecule has 1 unspecified atom stereocenters. The lowest BCUT2D eigenvalue weighted by Gasteiger charge is -2.49. The highest BCUT2D eigenvalue weighted by Crippen LogP contribution is 2.36. The van der Waals surface area contributed by atoms with Crippen molar-refractivity contribution in [1.82, 2.24) is 15.1 Å². The molecular formula is C14H31N3. The van der Waals surface area contributed by atoms with E-state index in [9.17, 15) is 0 Å². The van der Waals surface area contributed by atoms with Crippen molar-refractivity contribution < 1.29 is 0 Å². The number of nitrogens with one attached hydrogen (secondary N) is 1. The lowest BCUT2D eigenvalue weighted by atomic mass is 9.75. The summed E-state index contributed by atoms with van der Waals surface area (Å²) in [5, 5.41) is 3.43. The van der Waals surface area contributed by atoms with Crippen LogP contribution in [0.2, 0.25) is 0 Å². The van der Waals surface area contributed by atoms with Crippen LogP contribution in [0.5, 0.6) is 0 Å². The van der Waals surface area contributed by atoms with Gasteiger partial charge in [0.05, 0.1) is 0 Å². The summed E-state index contributed by atoms with van der Waals surface area (Å²) in [5.41, 5.74) is 0.458. The zero-order valence-corrected chi connectivity index (χ0v) is 12.4.